The van der Waals surface area contributed by atoms with Crippen molar-refractivity contribution in [2.24, 2.45) is 0 Å². The number of thioether (sulfide) groups is 1. The highest BCUT2D eigenvalue weighted by Crippen LogP contribution is 2.22. The molecule has 0 aliphatic rings. The van der Waals surface area contributed by atoms with Crippen molar-refractivity contribution in [2.45, 2.75) is 24.3 Å². The van der Waals surface area contributed by atoms with Gasteiger partial charge in [-0.1, -0.05) is 17.7 Å². The molecular formula is C12H19NOS. The quantitative estimate of drug-likeness (QED) is 0.752. The van der Waals surface area contributed by atoms with E-state index in [1.165, 1.54) is 10.5 Å². The molecule has 0 fully saturated rings. The Balaban J connectivity index is 2.53. The zero-order chi connectivity index (χ0) is 11.3. The van der Waals surface area contributed by atoms with Crippen LogP contribution in [0, 0.1) is 6.92 Å². The van der Waals surface area contributed by atoms with Crippen LogP contribution in [0.25, 0.3) is 0 Å². The molecule has 1 atom stereocenters. The first kappa shape index (κ1) is 12.6. The van der Waals surface area contributed by atoms with Gasteiger partial charge in [-0.2, -0.15) is 0 Å². The molecule has 0 saturated heterocycles. The number of nitrogens with one attached hydrogen (secondary N) is 1. The monoisotopic (exact) mass is 225 g/mol. The van der Waals surface area contributed by atoms with Gasteiger partial charge >= 0.3 is 0 Å². The maximum absolute atomic E-state index is 9.23. The Labute approximate surface area is 96.1 Å². The zero-order valence-corrected chi connectivity index (χ0v) is 10.4. The van der Waals surface area contributed by atoms with Crippen LogP contribution in [0.1, 0.15) is 12.5 Å². The number of aryl methyl sites for hydroxylation is 1. The summed E-state index contributed by atoms with van der Waals surface area (Å²) in [6.45, 7) is 4.26. The van der Waals surface area contributed by atoms with Crippen molar-refractivity contribution in [3.63, 3.8) is 0 Å². The van der Waals surface area contributed by atoms with Gasteiger partial charge in [-0.05, 0) is 33.0 Å². The molecule has 2 nitrogen and oxygen atoms in total. The molecule has 0 amide bonds. The van der Waals surface area contributed by atoms with Crippen molar-refractivity contribution in [3.05, 3.63) is 29.8 Å². The van der Waals surface area contributed by atoms with E-state index in [-0.39, 0.29) is 12.1 Å². The lowest BCUT2D eigenvalue weighted by molar-refractivity contribution is 0.200. The van der Waals surface area contributed by atoms with Gasteiger partial charge in [0.15, 0.2) is 0 Å². The molecule has 0 saturated carbocycles. The van der Waals surface area contributed by atoms with Crippen LogP contribution >= 0.6 is 11.8 Å². The Morgan fingerprint density at radius 3 is 2.40 bits per heavy atom. The highest BCUT2D eigenvalue weighted by Gasteiger charge is 2.20. The predicted molar refractivity (Wildman–Crippen MR) is 66.5 cm³/mol. The molecule has 3 heteroatoms. The zero-order valence-electron chi connectivity index (χ0n) is 9.58. The number of aliphatic hydroxyl groups is 1. The van der Waals surface area contributed by atoms with Crippen LogP contribution in [0.2, 0.25) is 0 Å². The first-order valence-electron chi connectivity index (χ1n) is 5.09. The summed E-state index contributed by atoms with van der Waals surface area (Å²) in [5, 5.41) is 12.4. The SMILES string of the molecule is CNC(C)(CO)CSc1ccc(C)cc1. The molecule has 0 aromatic heterocycles. The minimum absolute atomic E-state index is 0.155. The maximum atomic E-state index is 9.23. The Morgan fingerprint density at radius 2 is 1.93 bits per heavy atom. The Morgan fingerprint density at radius 1 is 1.33 bits per heavy atom. The lowest BCUT2D eigenvalue weighted by atomic mass is 10.1. The molecule has 1 rings (SSSR count). The second kappa shape index (κ2) is 5.54. The molecular weight excluding hydrogens is 206 g/mol. The van der Waals surface area contributed by atoms with Crippen LogP contribution in [-0.4, -0.2) is 30.1 Å². The lowest BCUT2D eigenvalue weighted by Crippen LogP contribution is -2.45. The van der Waals surface area contributed by atoms with E-state index < -0.39 is 0 Å². The second-order valence-corrected chi connectivity index (χ2v) is 5.12. The molecule has 84 valence electrons. The van der Waals surface area contributed by atoms with Crippen molar-refractivity contribution in [1.82, 2.24) is 5.32 Å². The van der Waals surface area contributed by atoms with Gasteiger partial charge in [-0.3, -0.25) is 0 Å². The number of likely N-dealkylation sites (N-methyl/N-ethyl adjacent to an activating group) is 1. The second-order valence-electron chi connectivity index (χ2n) is 4.07. The number of rotatable bonds is 5. The third-order valence-electron chi connectivity index (χ3n) is 2.53. The lowest BCUT2D eigenvalue weighted by Gasteiger charge is -2.26. The van der Waals surface area contributed by atoms with E-state index in [0.29, 0.717) is 0 Å². The fourth-order valence-corrected chi connectivity index (χ4v) is 2.12. The van der Waals surface area contributed by atoms with E-state index in [4.69, 9.17) is 0 Å². The smallest absolute Gasteiger partial charge is 0.0618 e. The summed E-state index contributed by atoms with van der Waals surface area (Å²) in [4.78, 5) is 1.25. The predicted octanol–water partition coefficient (Wildman–Crippen LogP) is 2.06. The van der Waals surface area contributed by atoms with Gasteiger partial charge < -0.3 is 10.4 Å². The summed E-state index contributed by atoms with van der Waals surface area (Å²) in [5.41, 5.74) is 1.08. The van der Waals surface area contributed by atoms with Gasteiger partial charge in [-0.15, -0.1) is 11.8 Å². The minimum Gasteiger partial charge on any atom is -0.394 e. The number of hydrogen-bond donors (Lipinski definition) is 2. The van der Waals surface area contributed by atoms with Gasteiger partial charge in [-0.25, -0.2) is 0 Å². The average Bonchev–Trinajstić information content (AvgIpc) is 2.28. The molecule has 15 heavy (non-hydrogen) atoms. The van der Waals surface area contributed by atoms with Crippen molar-refractivity contribution in [2.75, 3.05) is 19.4 Å². The molecule has 0 heterocycles. The number of benzene rings is 1. The summed E-state index contributed by atoms with van der Waals surface area (Å²) in [6, 6.07) is 8.46. The Bertz CT molecular complexity index is 293. The number of hydrogen-bond acceptors (Lipinski definition) is 3. The van der Waals surface area contributed by atoms with E-state index in [9.17, 15) is 5.11 Å². The van der Waals surface area contributed by atoms with Crippen LogP contribution in [0.15, 0.2) is 29.2 Å². The van der Waals surface area contributed by atoms with Crippen molar-refractivity contribution >= 4 is 11.8 Å². The topological polar surface area (TPSA) is 32.3 Å². The minimum atomic E-state index is -0.199. The summed E-state index contributed by atoms with van der Waals surface area (Å²) in [5.74, 6) is 0.864. The first-order chi connectivity index (χ1) is 7.09. The summed E-state index contributed by atoms with van der Waals surface area (Å²) >= 11 is 1.76. The third-order valence-corrected chi connectivity index (χ3v) is 3.92. The molecule has 0 spiro atoms. The van der Waals surface area contributed by atoms with E-state index in [2.05, 4.69) is 36.5 Å². The first-order valence-corrected chi connectivity index (χ1v) is 6.07. The van der Waals surface area contributed by atoms with Gasteiger partial charge in [0.2, 0.25) is 0 Å². The maximum Gasteiger partial charge on any atom is 0.0618 e. The summed E-state index contributed by atoms with van der Waals surface area (Å²) in [7, 11) is 1.88. The number of aliphatic hydroxyl groups excluding tert-OH is 1. The van der Waals surface area contributed by atoms with Crippen LogP contribution in [-0.2, 0) is 0 Å². The largest absolute Gasteiger partial charge is 0.394 e. The van der Waals surface area contributed by atoms with E-state index in [0.717, 1.165) is 5.75 Å². The highest BCUT2D eigenvalue weighted by molar-refractivity contribution is 7.99. The molecule has 0 aliphatic carbocycles. The Hall–Kier alpha value is -0.510. The van der Waals surface area contributed by atoms with Crippen molar-refractivity contribution in [1.29, 1.82) is 0 Å². The fraction of sp³-hybridized carbons (Fsp3) is 0.500. The van der Waals surface area contributed by atoms with Crippen LogP contribution in [0.4, 0.5) is 0 Å². The third kappa shape index (κ3) is 3.86. The average molecular weight is 225 g/mol. The molecule has 2 N–H and O–H groups in total. The van der Waals surface area contributed by atoms with Gasteiger partial charge in [0.25, 0.3) is 0 Å². The van der Waals surface area contributed by atoms with Gasteiger partial charge in [0, 0.05) is 16.2 Å². The van der Waals surface area contributed by atoms with Crippen molar-refractivity contribution < 1.29 is 5.11 Å². The molecule has 0 aliphatic heterocycles. The molecule has 1 aromatic carbocycles. The highest BCUT2D eigenvalue weighted by atomic mass is 32.2. The Kier molecular flexibility index (Phi) is 4.64. The normalized spacial score (nSPS) is 14.9. The molecule has 1 unspecified atom stereocenters. The summed E-state index contributed by atoms with van der Waals surface area (Å²) in [6.07, 6.45) is 0. The molecule has 0 radical (unpaired) electrons. The van der Waals surface area contributed by atoms with Crippen LogP contribution in [0.5, 0.6) is 0 Å². The molecule has 1 aromatic rings. The van der Waals surface area contributed by atoms with E-state index in [1.807, 2.05) is 14.0 Å². The van der Waals surface area contributed by atoms with Crippen molar-refractivity contribution in [3.8, 4) is 0 Å². The summed E-state index contributed by atoms with van der Waals surface area (Å²) < 4.78 is 0. The van der Waals surface area contributed by atoms with Gasteiger partial charge in [0.05, 0.1) is 6.61 Å². The van der Waals surface area contributed by atoms with Gasteiger partial charge in [0.1, 0.15) is 0 Å². The van der Waals surface area contributed by atoms with E-state index in [1.54, 1.807) is 11.8 Å². The molecule has 0 bridgehead atoms. The van der Waals surface area contributed by atoms with E-state index >= 15 is 0 Å². The standard InChI is InChI=1S/C12H19NOS/c1-10-4-6-11(7-5-10)15-9-12(2,8-14)13-3/h4-7,13-14H,8-9H2,1-3H3. The fourth-order valence-electron chi connectivity index (χ4n) is 1.07. The van der Waals surface area contributed by atoms with Crippen LogP contribution < -0.4 is 5.32 Å². The van der Waals surface area contributed by atoms with Crippen LogP contribution in [0.3, 0.4) is 0 Å².